The number of aliphatic hydroxyl groups excluding tert-OH is 1. The van der Waals surface area contributed by atoms with Gasteiger partial charge in [-0.3, -0.25) is 19.6 Å². The molecule has 0 aliphatic rings. The van der Waals surface area contributed by atoms with Gasteiger partial charge in [0.1, 0.15) is 11.9 Å². The lowest BCUT2D eigenvalue weighted by molar-refractivity contribution is -0.133. The van der Waals surface area contributed by atoms with Crippen molar-refractivity contribution in [2.45, 2.75) is 19.1 Å². The highest BCUT2D eigenvalue weighted by Crippen LogP contribution is 2.11. The fourth-order valence-electron chi connectivity index (χ4n) is 3.23. The summed E-state index contributed by atoms with van der Waals surface area (Å²) in [6.45, 7) is 1.29. The van der Waals surface area contributed by atoms with Gasteiger partial charge >= 0.3 is 0 Å². The van der Waals surface area contributed by atoms with Crippen molar-refractivity contribution in [3.63, 3.8) is 0 Å². The summed E-state index contributed by atoms with van der Waals surface area (Å²) in [5, 5.41) is 26.3. The number of hydroxylamine groups is 1. The summed E-state index contributed by atoms with van der Waals surface area (Å²) in [5.41, 5.74) is 4.02. The van der Waals surface area contributed by atoms with Crippen molar-refractivity contribution in [2.75, 3.05) is 17.2 Å². The average molecular weight is 529 g/mol. The molecule has 0 aliphatic carbocycles. The summed E-state index contributed by atoms with van der Waals surface area (Å²) in [4.78, 5) is 36.0. The molecule has 9 nitrogen and oxygen atoms in total. The number of hydrogen-bond acceptors (Lipinski definition) is 6. The number of aliphatic hydroxyl groups is 1. The number of carbonyl (C=O) groups is 3. The highest BCUT2D eigenvalue weighted by molar-refractivity contribution is 5.97. The van der Waals surface area contributed by atoms with Gasteiger partial charge in [0.15, 0.2) is 0 Å². The molecule has 0 saturated carbocycles. The van der Waals surface area contributed by atoms with E-state index >= 15 is 0 Å². The summed E-state index contributed by atoms with van der Waals surface area (Å²) in [6.07, 6.45) is -1.21. The summed E-state index contributed by atoms with van der Waals surface area (Å²) in [5.74, 6) is 8.99. The lowest BCUT2D eigenvalue weighted by Crippen LogP contribution is -2.51. The molecule has 6 N–H and O–H groups in total. The highest BCUT2D eigenvalue weighted by atomic mass is 19.1. The number of nitrogens with one attached hydrogen (secondary N) is 4. The molecule has 10 heteroatoms. The molecule has 0 bridgehead atoms. The van der Waals surface area contributed by atoms with Gasteiger partial charge in [-0.1, -0.05) is 17.9 Å². The van der Waals surface area contributed by atoms with E-state index in [0.29, 0.717) is 22.5 Å². The quantitative estimate of drug-likeness (QED) is 0.151. The zero-order chi connectivity index (χ0) is 28.2. The molecule has 39 heavy (non-hydrogen) atoms. The third kappa shape index (κ3) is 9.02. The largest absolute Gasteiger partial charge is 0.391 e. The molecule has 0 aromatic heterocycles. The molecule has 3 rings (SSSR count). The van der Waals surface area contributed by atoms with Crippen molar-refractivity contribution >= 4 is 29.1 Å². The van der Waals surface area contributed by atoms with E-state index in [1.54, 1.807) is 48.5 Å². The molecule has 0 heterocycles. The van der Waals surface area contributed by atoms with E-state index in [0.717, 1.165) is 0 Å². The second-order valence-corrected chi connectivity index (χ2v) is 8.23. The van der Waals surface area contributed by atoms with Crippen LogP contribution in [0.1, 0.15) is 28.4 Å². The van der Waals surface area contributed by atoms with Crippen LogP contribution in [0.5, 0.6) is 0 Å². The number of rotatable bonds is 8. The Balaban J connectivity index is 1.51. The van der Waals surface area contributed by atoms with Crippen LogP contribution >= 0.6 is 0 Å². The smallest absolute Gasteiger partial charge is 0.268 e. The van der Waals surface area contributed by atoms with Crippen LogP contribution < -0.4 is 21.4 Å². The minimum absolute atomic E-state index is 0.0183. The first kappa shape index (κ1) is 28.4. The van der Waals surface area contributed by atoms with Crippen LogP contribution in [0.25, 0.3) is 0 Å². The van der Waals surface area contributed by atoms with Gasteiger partial charge in [0.2, 0.25) is 5.91 Å². The van der Waals surface area contributed by atoms with Gasteiger partial charge in [0.05, 0.1) is 12.6 Å². The molecule has 3 aromatic rings. The molecule has 3 aromatic carbocycles. The second kappa shape index (κ2) is 14.0. The van der Waals surface area contributed by atoms with Crippen molar-refractivity contribution in [2.24, 2.45) is 0 Å². The molecule has 198 valence electrons. The van der Waals surface area contributed by atoms with Gasteiger partial charge in [-0.05, 0) is 85.5 Å². The normalized spacial score (nSPS) is 11.4. The minimum atomic E-state index is -1.31. The van der Waals surface area contributed by atoms with Gasteiger partial charge in [-0.15, -0.1) is 0 Å². The number of carbonyl (C=O) groups excluding carboxylic acids is 3. The first-order valence-corrected chi connectivity index (χ1v) is 11.7. The maximum Gasteiger partial charge on any atom is 0.268 e. The topological polar surface area (TPSA) is 140 Å². The standard InChI is InChI=1S/C29H25FN4O5/c1-19(35)27(29(38)34-39)33-28(37)22-13-9-20(10-14-22)5-2-3-6-21-11-15-24(16-12-21)32-26(36)18-31-25-8-4-7-23(30)17-25/h4,7-17,19,27,31,35,39H,18H2,1H3,(H,32,36)(H,33,37)(H,34,38)/t19-,27+/m1/s1. The Labute approximate surface area is 224 Å². The van der Waals surface area contributed by atoms with Crippen molar-refractivity contribution in [1.82, 2.24) is 10.8 Å². The van der Waals surface area contributed by atoms with Crippen LogP contribution in [0.4, 0.5) is 15.8 Å². The van der Waals surface area contributed by atoms with E-state index in [1.165, 1.54) is 36.7 Å². The van der Waals surface area contributed by atoms with Crippen LogP contribution in [-0.4, -0.2) is 46.7 Å². The van der Waals surface area contributed by atoms with Crippen molar-refractivity contribution in [3.05, 3.63) is 95.3 Å². The lowest BCUT2D eigenvalue weighted by Gasteiger charge is -2.19. The van der Waals surface area contributed by atoms with E-state index in [4.69, 9.17) is 5.21 Å². The fourth-order valence-corrected chi connectivity index (χ4v) is 3.23. The van der Waals surface area contributed by atoms with Crippen LogP contribution in [0.15, 0.2) is 72.8 Å². The highest BCUT2D eigenvalue weighted by Gasteiger charge is 2.25. The Hall–Kier alpha value is -5.16. The summed E-state index contributed by atoms with van der Waals surface area (Å²) in [7, 11) is 0. The van der Waals surface area contributed by atoms with Crippen LogP contribution in [0, 0.1) is 29.5 Å². The Morgan fingerprint density at radius 1 is 0.897 bits per heavy atom. The summed E-state index contributed by atoms with van der Waals surface area (Å²) in [6, 6.07) is 17.6. The zero-order valence-electron chi connectivity index (χ0n) is 20.8. The molecule has 3 amide bonds. The number of amides is 3. The number of halogens is 1. The van der Waals surface area contributed by atoms with Crippen molar-refractivity contribution in [1.29, 1.82) is 0 Å². The van der Waals surface area contributed by atoms with E-state index in [1.807, 2.05) is 0 Å². The number of benzene rings is 3. The van der Waals surface area contributed by atoms with Crippen LogP contribution in [0.2, 0.25) is 0 Å². The first-order valence-electron chi connectivity index (χ1n) is 11.7. The van der Waals surface area contributed by atoms with Gasteiger partial charge in [-0.25, -0.2) is 9.87 Å². The Morgan fingerprint density at radius 2 is 1.51 bits per heavy atom. The summed E-state index contributed by atoms with van der Waals surface area (Å²) >= 11 is 0. The number of hydrogen-bond donors (Lipinski definition) is 6. The lowest BCUT2D eigenvalue weighted by atomic mass is 10.1. The third-order valence-electron chi connectivity index (χ3n) is 5.23. The molecule has 0 unspecified atom stereocenters. The van der Waals surface area contributed by atoms with E-state index in [9.17, 15) is 23.9 Å². The predicted molar refractivity (Wildman–Crippen MR) is 143 cm³/mol. The Bertz CT molecular complexity index is 1450. The van der Waals surface area contributed by atoms with E-state index < -0.39 is 24.0 Å². The monoisotopic (exact) mass is 528 g/mol. The summed E-state index contributed by atoms with van der Waals surface area (Å²) < 4.78 is 13.2. The molecule has 0 fully saturated rings. The first-order chi connectivity index (χ1) is 18.7. The predicted octanol–water partition coefficient (Wildman–Crippen LogP) is 2.26. The second-order valence-electron chi connectivity index (χ2n) is 8.23. The van der Waals surface area contributed by atoms with E-state index in [2.05, 4.69) is 39.6 Å². The maximum absolute atomic E-state index is 13.2. The zero-order valence-corrected chi connectivity index (χ0v) is 20.8. The van der Waals surface area contributed by atoms with E-state index in [-0.39, 0.29) is 23.8 Å². The van der Waals surface area contributed by atoms with Crippen LogP contribution in [0.3, 0.4) is 0 Å². The molecular formula is C29H25FN4O5. The third-order valence-corrected chi connectivity index (χ3v) is 5.23. The van der Waals surface area contributed by atoms with Gasteiger partial charge in [0, 0.05) is 28.1 Å². The molecule has 0 spiro atoms. The molecule has 0 radical (unpaired) electrons. The maximum atomic E-state index is 13.2. The number of anilines is 2. The molecule has 0 aliphatic heterocycles. The minimum Gasteiger partial charge on any atom is -0.391 e. The molecule has 2 atom stereocenters. The van der Waals surface area contributed by atoms with Gasteiger partial charge in [-0.2, -0.15) is 0 Å². The van der Waals surface area contributed by atoms with Crippen LogP contribution in [-0.2, 0) is 9.59 Å². The fraction of sp³-hybridized carbons (Fsp3) is 0.138. The average Bonchev–Trinajstić information content (AvgIpc) is 2.93. The van der Waals surface area contributed by atoms with Gasteiger partial charge < -0.3 is 21.1 Å². The van der Waals surface area contributed by atoms with Crippen molar-refractivity contribution < 1.29 is 29.1 Å². The molecule has 0 saturated heterocycles. The van der Waals surface area contributed by atoms with Crippen molar-refractivity contribution in [3.8, 4) is 23.7 Å². The van der Waals surface area contributed by atoms with Gasteiger partial charge in [0.25, 0.3) is 11.8 Å². The Morgan fingerprint density at radius 3 is 2.08 bits per heavy atom. The Kier molecular flexibility index (Phi) is 10.2. The molecular weight excluding hydrogens is 503 g/mol. The SMILES string of the molecule is C[C@@H](O)[C@H](NC(=O)c1ccc(C#CC#Cc2ccc(NC(=O)CNc3cccc(F)c3)cc2)cc1)C(=O)NO.